The van der Waals surface area contributed by atoms with Gasteiger partial charge in [-0.3, -0.25) is 0 Å². The van der Waals surface area contributed by atoms with Crippen LogP contribution < -0.4 is 5.14 Å². The summed E-state index contributed by atoms with van der Waals surface area (Å²) in [6, 6.07) is 13.0. The van der Waals surface area contributed by atoms with E-state index in [1.54, 1.807) is 36.0 Å². The molecule has 2 N–H and O–H groups in total. The fourth-order valence-electron chi connectivity index (χ4n) is 2.44. The molecule has 0 spiro atoms. The minimum Gasteiger partial charge on any atom is -0.225 e. The van der Waals surface area contributed by atoms with Crippen LogP contribution in [0.3, 0.4) is 0 Å². The highest BCUT2D eigenvalue weighted by Crippen LogP contribution is 2.43. The molecule has 0 bridgehead atoms. The van der Waals surface area contributed by atoms with Crippen LogP contribution in [-0.4, -0.2) is 14.2 Å². The van der Waals surface area contributed by atoms with Crippen molar-refractivity contribution in [1.29, 1.82) is 0 Å². The largest absolute Gasteiger partial charge is 0.238 e. The van der Waals surface area contributed by atoms with E-state index in [0.29, 0.717) is 0 Å². The summed E-state index contributed by atoms with van der Waals surface area (Å²) in [4.78, 5) is 1.22. The van der Waals surface area contributed by atoms with Crippen LogP contribution in [0.25, 0.3) is 10.5 Å². The molecular formula is C16H14FNO2S2. The lowest BCUT2D eigenvalue weighted by Crippen LogP contribution is -2.11. The molecule has 6 heteroatoms. The maximum atomic E-state index is 13.1. The summed E-state index contributed by atoms with van der Waals surface area (Å²) in [5.41, 5.74) is 3.10. The molecule has 2 aromatic rings. The Balaban J connectivity index is 2.01. The summed E-state index contributed by atoms with van der Waals surface area (Å²) >= 11 is 1.73. The normalized spacial score (nSPS) is 15.4. The maximum Gasteiger partial charge on any atom is 0.238 e. The predicted molar refractivity (Wildman–Crippen MR) is 88.1 cm³/mol. The minimum absolute atomic E-state index is 0.103. The summed E-state index contributed by atoms with van der Waals surface area (Å²) in [5, 5.41) is 5.11. The number of halogens is 1. The van der Waals surface area contributed by atoms with E-state index in [1.807, 2.05) is 0 Å². The van der Waals surface area contributed by atoms with Gasteiger partial charge in [0.2, 0.25) is 10.0 Å². The van der Waals surface area contributed by atoms with Gasteiger partial charge in [-0.2, -0.15) is 0 Å². The second-order valence-corrected chi connectivity index (χ2v) is 7.65. The number of allylic oxidation sites excluding steroid dienone is 1. The van der Waals surface area contributed by atoms with Gasteiger partial charge in [-0.15, -0.1) is 11.8 Å². The zero-order valence-corrected chi connectivity index (χ0v) is 13.3. The van der Waals surface area contributed by atoms with E-state index in [4.69, 9.17) is 5.14 Å². The smallest absolute Gasteiger partial charge is 0.225 e. The SMILES string of the molecule is NS(=O)(=O)c1ccc(C2=C(c3ccc(F)cc3)SCC2)cc1. The number of primary sulfonamides is 1. The van der Waals surface area contributed by atoms with Gasteiger partial charge in [-0.25, -0.2) is 17.9 Å². The van der Waals surface area contributed by atoms with Crippen LogP contribution in [0.5, 0.6) is 0 Å². The van der Waals surface area contributed by atoms with Gasteiger partial charge >= 0.3 is 0 Å². The van der Waals surface area contributed by atoms with Crippen LogP contribution in [0.15, 0.2) is 53.4 Å². The molecule has 0 aromatic heterocycles. The molecule has 3 rings (SSSR count). The second-order valence-electron chi connectivity index (χ2n) is 4.98. The fourth-order valence-corrected chi connectivity index (χ4v) is 4.16. The first kappa shape index (κ1) is 15.3. The molecule has 0 saturated heterocycles. The van der Waals surface area contributed by atoms with Gasteiger partial charge in [0.25, 0.3) is 0 Å². The van der Waals surface area contributed by atoms with Crippen molar-refractivity contribution in [2.45, 2.75) is 11.3 Å². The Kier molecular flexibility index (Phi) is 4.08. The topological polar surface area (TPSA) is 60.2 Å². The average molecular weight is 335 g/mol. The molecule has 22 heavy (non-hydrogen) atoms. The Morgan fingerprint density at radius 2 is 1.55 bits per heavy atom. The van der Waals surface area contributed by atoms with Gasteiger partial charge in [0.05, 0.1) is 4.90 Å². The lowest BCUT2D eigenvalue weighted by molar-refractivity contribution is 0.598. The number of hydrogen-bond donors (Lipinski definition) is 1. The van der Waals surface area contributed by atoms with Crippen LogP contribution in [0.2, 0.25) is 0 Å². The summed E-state index contributed by atoms with van der Waals surface area (Å²) in [6.45, 7) is 0. The van der Waals surface area contributed by atoms with Gasteiger partial charge in [-0.05, 0) is 47.4 Å². The van der Waals surface area contributed by atoms with Crippen molar-refractivity contribution in [2.75, 3.05) is 5.75 Å². The number of nitrogens with two attached hydrogens (primary N) is 1. The molecule has 1 heterocycles. The van der Waals surface area contributed by atoms with E-state index in [0.717, 1.165) is 33.8 Å². The molecule has 1 aliphatic rings. The number of hydrogen-bond acceptors (Lipinski definition) is 3. The monoisotopic (exact) mass is 335 g/mol. The van der Waals surface area contributed by atoms with Crippen LogP contribution >= 0.6 is 11.8 Å². The summed E-state index contributed by atoms with van der Waals surface area (Å²) < 4.78 is 35.7. The number of sulfonamides is 1. The highest BCUT2D eigenvalue weighted by molar-refractivity contribution is 8.08. The molecule has 0 radical (unpaired) electrons. The molecule has 0 fully saturated rings. The van der Waals surface area contributed by atoms with Gasteiger partial charge < -0.3 is 0 Å². The second kappa shape index (κ2) is 5.87. The van der Waals surface area contributed by atoms with Gasteiger partial charge in [-0.1, -0.05) is 24.3 Å². The molecule has 2 aromatic carbocycles. The summed E-state index contributed by atoms with van der Waals surface area (Å²) in [6.07, 6.45) is 0.895. The van der Waals surface area contributed by atoms with Crippen LogP contribution in [0, 0.1) is 5.82 Å². The third kappa shape index (κ3) is 3.09. The third-order valence-corrected chi connectivity index (χ3v) is 5.62. The standard InChI is InChI=1S/C16H14FNO2S2/c17-13-5-1-12(2-6-13)16-15(9-10-21-16)11-3-7-14(8-4-11)22(18,19)20/h1-8H,9-10H2,(H2,18,19,20). The van der Waals surface area contributed by atoms with Crippen LogP contribution in [-0.2, 0) is 10.0 Å². The molecule has 3 nitrogen and oxygen atoms in total. The lowest BCUT2D eigenvalue weighted by atomic mass is 10.0. The third-order valence-electron chi connectivity index (χ3n) is 3.51. The van der Waals surface area contributed by atoms with Crippen molar-refractivity contribution in [2.24, 2.45) is 5.14 Å². The first-order valence-corrected chi connectivity index (χ1v) is 9.23. The van der Waals surface area contributed by atoms with Gasteiger partial charge in [0, 0.05) is 10.7 Å². The Morgan fingerprint density at radius 3 is 2.14 bits per heavy atom. The highest BCUT2D eigenvalue weighted by atomic mass is 32.2. The average Bonchev–Trinajstić information content (AvgIpc) is 2.97. The molecule has 0 unspecified atom stereocenters. The predicted octanol–water partition coefficient (Wildman–Crippen LogP) is 3.48. The zero-order chi connectivity index (χ0) is 15.7. The minimum atomic E-state index is -3.68. The van der Waals surface area contributed by atoms with E-state index >= 15 is 0 Å². The lowest BCUT2D eigenvalue weighted by Gasteiger charge is -2.08. The molecule has 0 saturated carbocycles. The van der Waals surface area contributed by atoms with E-state index in [2.05, 4.69) is 0 Å². The van der Waals surface area contributed by atoms with E-state index < -0.39 is 10.0 Å². The molecule has 114 valence electrons. The molecule has 0 aliphatic carbocycles. The van der Waals surface area contributed by atoms with Crippen molar-refractivity contribution < 1.29 is 12.8 Å². The van der Waals surface area contributed by atoms with Crippen molar-refractivity contribution in [1.82, 2.24) is 0 Å². The number of thioether (sulfide) groups is 1. The van der Waals surface area contributed by atoms with Crippen molar-refractivity contribution in [3.05, 3.63) is 65.5 Å². The van der Waals surface area contributed by atoms with Crippen molar-refractivity contribution in [3.8, 4) is 0 Å². The Labute approximate surface area is 133 Å². The molecular weight excluding hydrogens is 321 g/mol. The number of rotatable bonds is 3. The Morgan fingerprint density at radius 1 is 0.955 bits per heavy atom. The first-order valence-electron chi connectivity index (χ1n) is 6.70. The highest BCUT2D eigenvalue weighted by Gasteiger charge is 2.19. The van der Waals surface area contributed by atoms with E-state index in [1.165, 1.54) is 24.3 Å². The Bertz CT molecular complexity index is 825. The van der Waals surface area contributed by atoms with Crippen molar-refractivity contribution >= 4 is 32.3 Å². The maximum absolute atomic E-state index is 13.1. The fraction of sp³-hybridized carbons (Fsp3) is 0.125. The van der Waals surface area contributed by atoms with Gasteiger partial charge in [0.1, 0.15) is 5.82 Å². The van der Waals surface area contributed by atoms with Gasteiger partial charge in [0.15, 0.2) is 0 Å². The van der Waals surface area contributed by atoms with Crippen LogP contribution in [0.1, 0.15) is 17.5 Å². The molecule has 0 amide bonds. The van der Waals surface area contributed by atoms with E-state index in [9.17, 15) is 12.8 Å². The molecule has 0 atom stereocenters. The molecule has 1 aliphatic heterocycles. The number of benzene rings is 2. The van der Waals surface area contributed by atoms with Crippen molar-refractivity contribution in [3.63, 3.8) is 0 Å². The zero-order valence-electron chi connectivity index (χ0n) is 11.6. The van der Waals surface area contributed by atoms with E-state index in [-0.39, 0.29) is 10.7 Å². The van der Waals surface area contributed by atoms with Crippen LogP contribution in [0.4, 0.5) is 4.39 Å². The Hall–Kier alpha value is -1.63. The first-order chi connectivity index (χ1) is 10.4. The summed E-state index contributed by atoms with van der Waals surface area (Å²) in [7, 11) is -3.68. The summed E-state index contributed by atoms with van der Waals surface area (Å²) in [5.74, 6) is 0.699. The quantitative estimate of drug-likeness (QED) is 0.934.